The van der Waals surface area contributed by atoms with E-state index in [0.717, 1.165) is 0 Å². The van der Waals surface area contributed by atoms with Gasteiger partial charge >= 0.3 is 6.09 Å². The minimum absolute atomic E-state index is 0.00507. The molecule has 3 saturated heterocycles. The molecule has 39 heavy (non-hydrogen) atoms. The lowest BCUT2D eigenvalue weighted by Crippen LogP contribution is -2.50. The minimum Gasteiger partial charge on any atom is -0.444 e. The number of anilines is 1. The van der Waals surface area contributed by atoms with Crippen LogP contribution in [0.4, 0.5) is 14.9 Å². The highest BCUT2D eigenvalue weighted by Gasteiger charge is 2.38. The summed E-state index contributed by atoms with van der Waals surface area (Å²) in [4.78, 5) is 51.9. The number of hydrogen-bond acceptors (Lipinski definition) is 7. The first-order valence-corrected chi connectivity index (χ1v) is 13.7. The second kappa shape index (κ2) is 11.5. The van der Waals surface area contributed by atoms with Crippen LogP contribution in [0, 0.1) is 5.82 Å². The largest absolute Gasteiger partial charge is 0.444 e. The third-order valence-corrected chi connectivity index (χ3v) is 7.69. The summed E-state index contributed by atoms with van der Waals surface area (Å²) in [5.41, 5.74) is -0.706. The lowest BCUT2D eigenvalue weighted by atomic mass is 9.86. The van der Waals surface area contributed by atoms with Crippen LogP contribution in [0.2, 0.25) is 0 Å². The number of ether oxygens (including phenoxy) is 1. The Bertz CT molecular complexity index is 1100. The molecule has 3 fully saturated rings. The van der Waals surface area contributed by atoms with E-state index in [-0.39, 0.29) is 36.4 Å². The molecule has 1 unspecified atom stereocenters. The van der Waals surface area contributed by atoms with E-state index >= 15 is 0 Å². The predicted octanol–water partition coefficient (Wildman–Crippen LogP) is 2.90. The van der Waals surface area contributed by atoms with Crippen LogP contribution >= 0.6 is 0 Å². The number of amides is 4. The number of hydrogen-bond donors (Lipinski definition) is 3. The van der Waals surface area contributed by atoms with Crippen molar-refractivity contribution in [3.8, 4) is 0 Å². The minimum atomic E-state index is -1.16. The topological polar surface area (TPSA) is 128 Å². The molecule has 214 valence electrons. The number of likely N-dealkylation sites (tertiary alicyclic amines) is 2. The van der Waals surface area contributed by atoms with E-state index in [9.17, 15) is 28.7 Å². The number of piperidine rings is 3. The summed E-state index contributed by atoms with van der Waals surface area (Å²) in [5, 5.41) is 16.3. The van der Waals surface area contributed by atoms with Crippen molar-refractivity contribution in [1.82, 2.24) is 15.1 Å². The number of carbonyl (C=O) groups is 4. The normalized spacial score (nSPS) is 22.3. The summed E-state index contributed by atoms with van der Waals surface area (Å²) in [6, 6.07) is 4.24. The standard InChI is InChI=1S/C28H39FN4O6/c1-27(2,3)39-26(37)33-14-10-28(38,11-15-33)17-24(35)32-12-8-18(9-13-32)20-5-4-19(16-21(20)29)30-22-6-7-23(34)31-25(22)36/h4-5,16,18,22,30,38H,6-15,17H2,1-3H3,(H,31,34,36). The van der Waals surface area contributed by atoms with Gasteiger partial charge in [-0.05, 0) is 76.5 Å². The van der Waals surface area contributed by atoms with Crippen molar-refractivity contribution in [1.29, 1.82) is 0 Å². The first kappa shape index (κ1) is 28.8. The summed E-state index contributed by atoms with van der Waals surface area (Å²) in [5.74, 6) is -1.26. The Morgan fingerprint density at radius 2 is 1.77 bits per heavy atom. The molecule has 1 aromatic carbocycles. The average molecular weight is 547 g/mol. The van der Waals surface area contributed by atoms with E-state index in [1.54, 1.807) is 42.7 Å². The number of nitrogens with one attached hydrogen (secondary N) is 2. The van der Waals surface area contributed by atoms with Gasteiger partial charge in [0.1, 0.15) is 17.5 Å². The molecule has 0 aliphatic carbocycles. The zero-order chi connectivity index (χ0) is 28.4. The van der Waals surface area contributed by atoms with Crippen molar-refractivity contribution in [2.75, 3.05) is 31.5 Å². The highest BCUT2D eigenvalue weighted by Crippen LogP contribution is 2.33. The molecule has 0 radical (unpaired) electrons. The Morgan fingerprint density at radius 1 is 1.10 bits per heavy atom. The summed E-state index contributed by atoms with van der Waals surface area (Å²) in [6.45, 7) is 7.01. The summed E-state index contributed by atoms with van der Waals surface area (Å²) in [6.07, 6.45) is 2.00. The number of nitrogens with zero attached hydrogens (tertiary/aromatic N) is 2. The number of aliphatic hydroxyl groups is 1. The molecular formula is C28H39FN4O6. The molecule has 1 atom stereocenters. The van der Waals surface area contributed by atoms with Gasteiger partial charge in [-0.2, -0.15) is 0 Å². The van der Waals surface area contributed by atoms with Gasteiger partial charge in [0.2, 0.25) is 17.7 Å². The highest BCUT2D eigenvalue weighted by molar-refractivity contribution is 6.01. The van der Waals surface area contributed by atoms with Crippen molar-refractivity contribution in [2.24, 2.45) is 0 Å². The molecule has 4 rings (SSSR count). The molecule has 0 saturated carbocycles. The zero-order valence-corrected chi connectivity index (χ0v) is 22.9. The van der Waals surface area contributed by atoms with Crippen molar-refractivity contribution in [2.45, 2.75) is 88.9 Å². The monoisotopic (exact) mass is 546 g/mol. The molecule has 4 amide bonds. The number of imide groups is 1. The second-order valence-electron chi connectivity index (χ2n) is 11.9. The first-order chi connectivity index (χ1) is 18.3. The van der Waals surface area contributed by atoms with Gasteiger partial charge in [-0.15, -0.1) is 0 Å². The van der Waals surface area contributed by atoms with Gasteiger partial charge in [-0.3, -0.25) is 19.7 Å². The van der Waals surface area contributed by atoms with E-state index in [1.807, 2.05) is 0 Å². The maximum atomic E-state index is 15.0. The lowest BCUT2D eigenvalue weighted by Gasteiger charge is -2.40. The Labute approximate surface area is 228 Å². The number of rotatable bonds is 5. The molecule has 3 N–H and O–H groups in total. The van der Waals surface area contributed by atoms with Crippen LogP contribution in [0.15, 0.2) is 18.2 Å². The number of benzene rings is 1. The lowest BCUT2D eigenvalue weighted by molar-refractivity contribution is -0.139. The van der Waals surface area contributed by atoms with Crippen LogP contribution in [0.5, 0.6) is 0 Å². The van der Waals surface area contributed by atoms with E-state index in [1.165, 1.54) is 6.07 Å². The summed E-state index contributed by atoms with van der Waals surface area (Å²) < 4.78 is 20.4. The fourth-order valence-corrected chi connectivity index (χ4v) is 5.42. The van der Waals surface area contributed by atoms with E-state index in [0.29, 0.717) is 69.5 Å². The fourth-order valence-electron chi connectivity index (χ4n) is 5.42. The molecule has 0 bridgehead atoms. The molecule has 0 aromatic heterocycles. The molecule has 3 aliphatic rings. The van der Waals surface area contributed by atoms with Crippen LogP contribution in [-0.4, -0.2) is 82.1 Å². The fraction of sp³-hybridized carbons (Fsp3) is 0.643. The highest BCUT2D eigenvalue weighted by atomic mass is 19.1. The Balaban J connectivity index is 1.25. The van der Waals surface area contributed by atoms with Gasteiger partial charge < -0.3 is 25.0 Å². The third-order valence-electron chi connectivity index (χ3n) is 7.69. The summed E-state index contributed by atoms with van der Waals surface area (Å²) >= 11 is 0. The third kappa shape index (κ3) is 7.46. The molecular weight excluding hydrogens is 507 g/mol. The Morgan fingerprint density at radius 3 is 2.36 bits per heavy atom. The number of halogens is 1. The zero-order valence-electron chi connectivity index (χ0n) is 22.9. The molecule has 11 heteroatoms. The molecule has 1 aromatic rings. The van der Waals surface area contributed by atoms with Gasteiger partial charge in [-0.1, -0.05) is 6.07 Å². The van der Waals surface area contributed by atoms with Gasteiger partial charge in [0.15, 0.2) is 0 Å². The Kier molecular flexibility index (Phi) is 8.48. The van der Waals surface area contributed by atoms with Crippen molar-refractivity contribution >= 4 is 29.5 Å². The summed E-state index contributed by atoms with van der Waals surface area (Å²) in [7, 11) is 0. The predicted molar refractivity (Wildman–Crippen MR) is 141 cm³/mol. The average Bonchev–Trinajstić information content (AvgIpc) is 2.85. The van der Waals surface area contributed by atoms with Crippen LogP contribution < -0.4 is 10.6 Å². The smallest absolute Gasteiger partial charge is 0.410 e. The van der Waals surface area contributed by atoms with E-state index < -0.39 is 29.2 Å². The maximum absolute atomic E-state index is 15.0. The maximum Gasteiger partial charge on any atom is 0.410 e. The molecule has 3 aliphatic heterocycles. The van der Waals surface area contributed by atoms with Crippen LogP contribution in [-0.2, 0) is 19.1 Å². The quantitative estimate of drug-likeness (QED) is 0.485. The van der Waals surface area contributed by atoms with Crippen LogP contribution in [0.25, 0.3) is 0 Å². The van der Waals surface area contributed by atoms with Crippen molar-refractivity contribution < 1.29 is 33.4 Å². The van der Waals surface area contributed by atoms with Gasteiger partial charge in [0.25, 0.3) is 0 Å². The van der Waals surface area contributed by atoms with Gasteiger partial charge in [0, 0.05) is 38.3 Å². The molecule has 3 heterocycles. The van der Waals surface area contributed by atoms with Crippen molar-refractivity contribution in [3.05, 3.63) is 29.6 Å². The first-order valence-electron chi connectivity index (χ1n) is 13.7. The van der Waals surface area contributed by atoms with Gasteiger partial charge in [0.05, 0.1) is 12.0 Å². The van der Waals surface area contributed by atoms with E-state index in [2.05, 4.69) is 10.6 Å². The SMILES string of the molecule is CC(C)(C)OC(=O)N1CCC(O)(CC(=O)N2CCC(c3ccc(NC4CCC(=O)NC4=O)cc3F)CC2)CC1. The van der Waals surface area contributed by atoms with Crippen LogP contribution in [0.3, 0.4) is 0 Å². The Hall–Kier alpha value is -3.21. The number of carbonyl (C=O) groups excluding carboxylic acids is 4. The second-order valence-corrected chi connectivity index (χ2v) is 11.9. The van der Waals surface area contributed by atoms with Gasteiger partial charge in [-0.25, -0.2) is 9.18 Å². The van der Waals surface area contributed by atoms with Crippen molar-refractivity contribution in [3.63, 3.8) is 0 Å². The van der Waals surface area contributed by atoms with Crippen LogP contribution in [0.1, 0.15) is 77.2 Å². The molecule has 10 nitrogen and oxygen atoms in total. The molecule has 0 spiro atoms. The van der Waals surface area contributed by atoms with E-state index in [4.69, 9.17) is 4.74 Å².